The number of carboxylic acids is 1. The van der Waals surface area contributed by atoms with E-state index in [0.717, 1.165) is 0 Å². The minimum absolute atomic E-state index is 0.157. The molecule has 0 radical (unpaired) electrons. The third-order valence-corrected chi connectivity index (χ3v) is 2.74. The number of aliphatic hydroxyl groups is 1. The molecule has 0 fully saturated rings. The number of ether oxygens (including phenoxy) is 1. The molecular formula is C13H15N3O4. The zero-order valence-electron chi connectivity index (χ0n) is 10.9. The lowest BCUT2D eigenvalue weighted by molar-refractivity contribution is 0.0686. The maximum Gasteiger partial charge on any atom is 0.358 e. The van der Waals surface area contributed by atoms with E-state index in [1.807, 2.05) is 0 Å². The number of aromatic nitrogens is 2. The second-order valence-electron chi connectivity index (χ2n) is 4.24. The van der Waals surface area contributed by atoms with Gasteiger partial charge in [0, 0.05) is 19.0 Å². The molecule has 2 aromatic rings. The number of methoxy groups -OCH3 is 1. The molecule has 0 aliphatic rings. The first-order valence-corrected chi connectivity index (χ1v) is 6.03. The van der Waals surface area contributed by atoms with E-state index in [2.05, 4.69) is 15.5 Å². The summed E-state index contributed by atoms with van der Waals surface area (Å²) in [7, 11) is 1.48. The molecule has 0 saturated heterocycles. The van der Waals surface area contributed by atoms with E-state index in [-0.39, 0.29) is 18.8 Å². The van der Waals surface area contributed by atoms with Gasteiger partial charge >= 0.3 is 5.97 Å². The van der Waals surface area contributed by atoms with Crippen LogP contribution in [-0.2, 0) is 4.74 Å². The van der Waals surface area contributed by atoms with Crippen LogP contribution < -0.4 is 5.32 Å². The number of aliphatic hydroxyl groups excluding tert-OH is 1. The molecule has 7 nitrogen and oxygen atoms in total. The summed E-state index contributed by atoms with van der Waals surface area (Å²) in [5.41, 5.74) is 0.757. The number of rotatable bonds is 6. The summed E-state index contributed by atoms with van der Waals surface area (Å²) in [6.45, 7) is 0.315. The predicted octanol–water partition coefficient (Wildman–Crippen LogP) is 0.747. The zero-order valence-corrected chi connectivity index (χ0v) is 10.9. The molecule has 1 aromatic carbocycles. The van der Waals surface area contributed by atoms with E-state index < -0.39 is 12.1 Å². The first-order valence-electron chi connectivity index (χ1n) is 6.03. The van der Waals surface area contributed by atoms with E-state index in [1.54, 1.807) is 24.3 Å². The Kier molecular flexibility index (Phi) is 4.44. The number of carboxylic acid groups (broad SMARTS) is 1. The van der Waals surface area contributed by atoms with Crippen LogP contribution in [0.5, 0.6) is 0 Å². The maximum absolute atomic E-state index is 11.2. The van der Waals surface area contributed by atoms with Crippen molar-refractivity contribution in [2.45, 2.75) is 6.10 Å². The standard InChI is InChI=1S/C13H15N3O4/c1-20-7-8(17)6-14-11-9-4-2-3-5-10(9)15-16-12(11)13(18)19/h2-5,8,17H,6-7H2,1H3,(H,14,15)(H,18,19). The Bertz CT molecular complexity index is 618. The second kappa shape index (κ2) is 6.27. The van der Waals surface area contributed by atoms with Crippen molar-refractivity contribution in [1.82, 2.24) is 10.2 Å². The van der Waals surface area contributed by atoms with Crippen LogP contribution in [0.15, 0.2) is 24.3 Å². The predicted molar refractivity (Wildman–Crippen MR) is 72.9 cm³/mol. The fourth-order valence-electron chi connectivity index (χ4n) is 1.85. The van der Waals surface area contributed by atoms with Gasteiger partial charge in [-0.15, -0.1) is 10.2 Å². The fourth-order valence-corrected chi connectivity index (χ4v) is 1.85. The highest BCUT2D eigenvalue weighted by Gasteiger charge is 2.17. The van der Waals surface area contributed by atoms with Crippen LogP contribution in [0.25, 0.3) is 10.9 Å². The minimum atomic E-state index is -1.17. The molecule has 0 bridgehead atoms. The molecule has 0 spiro atoms. The number of hydrogen-bond donors (Lipinski definition) is 3. The Morgan fingerprint density at radius 2 is 2.15 bits per heavy atom. The van der Waals surface area contributed by atoms with Gasteiger partial charge in [0.2, 0.25) is 0 Å². The molecule has 2 rings (SSSR count). The second-order valence-corrected chi connectivity index (χ2v) is 4.24. The van der Waals surface area contributed by atoms with Crippen LogP contribution in [-0.4, -0.2) is 52.7 Å². The lowest BCUT2D eigenvalue weighted by atomic mass is 10.1. The monoisotopic (exact) mass is 277 g/mol. The van der Waals surface area contributed by atoms with Gasteiger partial charge < -0.3 is 20.3 Å². The number of anilines is 1. The number of nitrogens with zero attached hydrogens (tertiary/aromatic N) is 2. The highest BCUT2D eigenvalue weighted by Crippen LogP contribution is 2.24. The molecular weight excluding hydrogens is 262 g/mol. The van der Waals surface area contributed by atoms with Crippen molar-refractivity contribution in [3.63, 3.8) is 0 Å². The number of carbonyl (C=O) groups is 1. The third-order valence-electron chi connectivity index (χ3n) is 2.74. The molecule has 0 aliphatic heterocycles. The Balaban J connectivity index is 2.37. The van der Waals surface area contributed by atoms with Crippen molar-refractivity contribution in [3.05, 3.63) is 30.0 Å². The van der Waals surface area contributed by atoms with Crippen molar-refractivity contribution >= 4 is 22.6 Å². The highest BCUT2D eigenvalue weighted by molar-refractivity contribution is 6.02. The Morgan fingerprint density at radius 1 is 1.40 bits per heavy atom. The average molecular weight is 277 g/mol. The highest BCUT2D eigenvalue weighted by atomic mass is 16.5. The van der Waals surface area contributed by atoms with Crippen molar-refractivity contribution in [2.75, 3.05) is 25.6 Å². The molecule has 106 valence electrons. The summed E-state index contributed by atoms with van der Waals surface area (Å²) >= 11 is 0. The zero-order chi connectivity index (χ0) is 14.5. The molecule has 3 N–H and O–H groups in total. The van der Waals surface area contributed by atoms with Gasteiger partial charge in [-0.3, -0.25) is 0 Å². The van der Waals surface area contributed by atoms with Crippen molar-refractivity contribution in [1.29, 1.82) is 0 Å². The lowest BCUT2D eigenvalue weighted by Gasteiger charge is -2.14. The van der Waals surface area contributed by atoms with Crippen LogP contribution in [0.1, 0.15) is 10.5 Å². The van der Waals surface area contributed by atoms with Gasteiger partial charge in [-0.1, -0.05) is 18.2 Å². The van der Waals surface area contributed by atoms with Gasteiger partial charge in [-0.05, 0) is 6.07 Å². The molecule has 0 saturated carbocycles. The van der Waals surface area contributed by atoms with Crippen LogP contribution >= 0.6 is 0 Å². The van der Waals surface area contributed by atoms with Gasteiger partial charge in [-0.25, -0.2) is 4.79 Å². The van der Waals surface area contributed by atoms with Gasteiger partial charge in [0.1, 0.15) is 0 Å². The lowest BCUT2D eigenvalue weighted by Crippen LogP contribution is -2.25. The van der Waals surface area contributed by atoms with E-state index in [0.29, 0.717) is 16.6 Å². The Labute approximate surface area is 115 Å². The molecule has 1 unspecified atom stereocenters. The van der Waals surface area contributed by atoms with Crippen LogP contribution in [0.3, 0.4) is 0 Å². The normalized spacial score (nSPS) is 12.3. The number of benzene rings is 1. The number of aromatic carboxylic acids is 1. The van der Waals surface area contributed by atoms with E-state index in [1.165, 1.54) is 7.11 Å². The summed E-state index contributed by atoms with van der Waals surface area (Å²) in [4.78, 5) is 11.2. The smallest absolute Gasteiger partial charge is 0.358 e. The molecule has 1 atom stereocenters. The Hall–Kier alpha value is -2.25. The largest absolute Gasteiger partial charge is 0.476 e. The number of fused-ring (bicyclic) bond motifs is 1. The average Bonchev–Trinajstić information content (AvgIpc) is 2.44. The van der Waals surface area contributed by atoms with Gasteiger partial charge in [0.15, 0.2) is 5.69 Å². The van der Waals surface area contributed by atoms with Crippen LogP contribution in [0.4, 0.5) is 5.69 Å². The molecule has 7 heteroatoms. The number of hydrogen-bond acceptors (Lipinski definition) is 6. The quantitative estimate of drug-likeness (QED) is 0.715. The van der Waals surface area contributed by atoms with Gasteiger partial charge in [-0.2, -0.15) is 0 Å². The van der Waals surface area contributed by atoms with E-state index in [9.17, 15) is 9.90 Å². The SMILES string of the molecule is COCC(O)CNc1c(C(=O)O)nnc2ccccc12. The topological polar surface area (TPSA) is 105 Å². The summed E-state index contributed by atoms with van der Waals surface area (Å²) in [5.74, 6) is -1.17. The van der Waals surface area contributed by atoms with Crippen molar-refractivity contribution in [2.24, 2.45) is 0 Å². The summed E-state index contributed by atoms with van der Waals surface area (Å²) in [5, 5.41) is 29.9. The molecule has 20 heavy (non-hydrogen) atoms. The summed E-state index contributed by atoms with van der Waals surface area (Å²) < 4.78 is 4.82. The van der Waals surface area contributed by atoms with Gasteiger partial charge in [0.25, 0.3) is 0 Å². The maximum atomic E-state index is 11.2. The van der Waals surface area contributed by atoms with Crippen LogP contribution in [0, 0.1) is 0 Å². The molecule has 0 amide bonds. The summed E-state index contributed by atoms with van der Waals surface area (Å²) in [6, 6.07) is 7.07. The first-order chi connectivity index (χ1) is 9.63. The van der Waals surface area contributed by atoms with Crippen molar-refractivity contribution < 1.29 is 19.7 Å². The molecule has 1 aromatic heterocycles. The Morgan fingerprint density at radius 3 is 2.85 bits per heavy atom. The van der Waals surface area contributed by atoms with Crippen molar-refractivity contribution in [3.8, 4) is 0 Å². The minimum Gasteiger partial charge on any atom is -0.476 e. The molecule has 0 aliphatic carbocycles. The molecule has 1 heterocycles. The summed E-state index contributed by atoms with van der Waals surface area (Å²) in [6.07, 6.45) is -0.742. The number of nitrogens with one attached hydrogen (secondary N) is 1. The van der Waals surface area contributed by atoms with E-state index in [4.69, 9.17) is 9.84 Å². The fraction of sp³-hybridized carbons (Fsp3) is 0.308. The van der Waals surface area contributed by atoms with Gasteiger partial charge in [0.05, 0.1) is 23.9 Å². The van der Waals surface area contributed by atoms with Crippen LogP contribution in [0.2, 0.25) is 0 Å². The first kappa shape index (κ1) is 14.2. The van der Waals surface area contributed by atoms with E-state index >= 15 is 0 Å². The third kappa shape index (κ3) is 3.01.